The molecule has 1 aliphatic heterocycles. The van der Waals surface area contributed by atoms with Gasteiger partial charge in [-0.1, -0.05) is 36.4 Å². The Morgan fingerprint density at radius 3 is 2.58 bits per heavy atom. The third-order valence-corrected chi connectivity index (χ3v) is 5.55. The molecule has 1 N–H and O–H groups in total. The summed E-state index contributed by atoms with van der Waals surface area (Å²) in [6.07, 6.45) is -1.56. The van der Waals surface area contributed by atoms with E-state index in [-0.39, 0.29) is 0 Å². The summed E-state index contributed by atoms with van der Waals surface area (Å²) in [6, 6.07) is 15.1. The standard InChI is InChI=1S/C20H20F3N/c21-20(22,23)15-7-9-16-14(11-15)6-8-17-18(16)12-24-19(17)10-13-4-2-1-3-5-13/h1-5,7,9,11,17-19,24H,6,8,10,12H2. The molecule has 126 valence electrons. The van der Waals surface area contributed by atoms with Crippen LogP contribution in [-0.4, -0.2) is 12.6 Å². The fourth-order valence-electron chi connectivity index (χ4n) is 4.38. The highest BCUT2D eigenvalue weighted by Crippen LogP contribution is 2.43. The molecule has 3 unspecified atom stereocenters. The Hall–Kier alpha value is -1.81. The van der Waals surface area contributed by atoms with Crippen molar-refractivity contribution >= 4 is 0 Å². The Kier molecular flexibility index (Phi) is 3.87. The lowest BCUT2D eigenvalue weighted by Crippen LogP contribution is -2.31. The van der Waals surface area contributed by atoms with Crippen molar-refractivity contribution in [2.45, 2.75) is 37.4 Å². The molecule has 4 rings (SSSR count). The van der Waals surface area contributed by atoms with Crippen LogP contribution in [0.15, 0.2) is 48.5 Å². The van der Waals surface area contributed by atoms with E-state index < -0.39 is 11.7 Å². The van der Waals surface area contributed by atoms with Gasteiger partial charge in [-0.2, -0.15) is 13.2 Å². The summed E-state index contributed by atoms with van der Waals surface area (Å²) in [5.41, 5.74) is 2.79. The molecule has 1 heterocycles. The smallest absolute Gasteiger partial charge is 0.313 e. The molecule has 0 radical (unpaired) electrons. The predicted octanol–water partition coefficient (Wildman–Crippen LogP) is 4.57. The third kappa shape index (κ3) is 2.84. The number of hydrogen-bond acceptors (Lipinski definition) is 1. The van der Waals surface area contributed by atoms with E-state index in [0.717, 1.165) is 36.9 Å². The van der Waals surface area contributed by atoms with Gasteiger partial charge < -0.3 is 5.32 Å². The van der Waals surface area contributed by atoms with E-state index in [1.807, 2.05) is 6.07 Å². The average Bonchev–Trinajstić information content (AvgIpc) is 2.98. The number of aryl methyl sites for hydroxylation is 1. The zero-order valence-corrected chi connectivity index (χ0v) is 13.3. The van der Waals surface area contributed by atoms with Crippen LogP contribution in [0.2, 0.25) is 0 Å². The number of rotatable bonds is 2. The van der Waals surface area contributed by atoms with Gasteiger partial charge in [0.1, 0.15) is 0 Å². The first-order valence-corrected chi connectivity index (χ1v) is 8.50. The first-order chi connectivity index (χ1) is 11.5. The van der Waals surface area contributed by atoms with E-state index >= 15 is 0 Å². The number of alkyl halides is 3. The Bertz CT molecular complexity index is 723. The molecule has 1 saturated heterocycles. The van der Waals surface area contributed by atoms with Gasteiger partial charge >= 0.3 is 6.18 Å². The average molecular weight is 331 g/mol. The highest BCUT2D eigenvalue weighted by Gasteiger charge is 2.40. The molecule has 2 aliphatic rings. The SMILES string of the molecule is FC(F)(F)c1ccc2c(c1)CCC1C(Cc3ccccc3)NCC21. The van der Waals surface area contributed by atoms with Crippen LogP contribution in [0, 0.1) is 5.92 Å². The van der Waals surface area contributed by atoms with Crippen LogP contribution in [0.5, 0.6) is 0 Å². The van der Waals surface area contributed by atoms with Gasteiger partial charge in [0.05, 0.1) is 5.56 Å². The molecule has 0 aromatic heterocycles. The second-order valence-electron chi connectivity index (χ2n) is 6.92. The van der Waals surface area contributed by atoms with Gasteiger partial charge in [0, 0.05) is 18.5 Å². The van der Waals surface area contributed by atoms with Crippen molar-refractivity contribution in [3.63, 3.8) is 0 Å². The summed E-state index contributed by atoms with van der Waals surface area (Å²) >= 11 is 0. The highest BCUT2D eigenvalue weighted by molar-refractivity contribution is 5.39. The largest absolute Gasteiger partial charge is 0.416 e. The molecule has 1 fully saturated rings. The predicted molar refractivity (Wildman–Crippen MR) is 87.9 cm³/mol. The Morgan fingerprint density at radius 1 is 1.04 bits per heavy atom. The summed E-state index contributed by atoms with van der Waals surface area (Å²) in [7, 11) is 0. The summed E-state index contributed by atoms with van der Waals surface area (Å²) in [6.45, 7) is 0.862. The van der Waals surface area contributed by atoms with Crippen LogP contribution < -0.4 is 5.32 Å². The van der Waals surface area contributed by atoms with Crippen molar-refractivity contribution < 1.29 is 13.2 Å². The van der Waals surface area contributed by atoms with E-state index in [9.17, 15) is 13.2 Å². The molecule has 0 amide bonds. The van der Waals surface area contributed by atoms with Crippen LogP contribution in [0.4, 0.5) is 13.2 Å². The quantitative estimate of drug-likeness (QED) is 0.850. The van der Waals surface area contributed by atoms with Crippen molar-refractivity contribution in [3.05, 3.63) is 70.8 Å². The molecule has 4 heteroatoms. The molecule has 0 bridgehead atoms. The first kappa shape index (κ1) is 15.7. The van der Waals surface area contributed by atoms with Gasteiger partial charge in [-0.3, -0.25) is 0 Å². The molecule has 2 aromatic rings. The highest BCUT2D eigenvalue weighted by atomic mass is 19.4. The minimum absolute atomic E-state index is 0.338. The lowest BCUT2D eigenvalue weighted by molar-refractivity contribution is -0.137. The zero-order chi connectivity index (χ0) is 16.7. The van der Waals surface area contributed by atoms with Crippen molar-refractivity contribution in [1.29, 1.82) is 0 Å². The molecule has 1 aliphatic carbocycles. The van der Waals surface area contributed by atoms with Crippen molar-refractivity contribution in [2.24, 2.45) is 5.92 Å². The normalized spacial score (nSPS) is 26.0. The number of fused-ring (bicyclic) bond motifs is 3. The van der Waals surface area contributed by atoms with Crippen molar-refractivity contribution in [2.75, 3.05) is 6.54 Å². The molecule has 24 heavy (non-hydrogen) atoms. The van der Waals surface area contributed by atoms with Gasteiger partial charge in [0.25, 0.3) is 0 Å². The fraction of sp³-hybridized carbons (Fsp3) is 0.400. The van der Waals surface area contributed by atoms with Gasteiger partial charge in [0.15, 0.2) is 0 Å². The second-order valence-corrected chi connectivity index (χ2v) is 6.92. The van der Waals surface area contributed by atoms with Crippen LogP contribution in [-0.2, 0) is 19.0 Å². The molecular formula is C20H20F3N. The van der Waals surface area contributed by atoms with Gasteiger partial charge in [-0.05, 0) is 54.0 Å². The lowest BCUT2D eigenvalue weighted by atomic mass is 9.73. The summed E-state index contributed by atoms with van der Waals surface area (Å²) in [4.78, 5) is 0. The van der Waals surface area contributed by atoms with Crippen LogP contribution in [0.25, 0.3) is 0 Å². The Balaban J connectivity index is 1.56. The maximum Gasteiger partial charge on any atom is 0.416 e. The minimum Gasteiger partial charge on any atom is -0.313 e. The van der Waals surface area contributed by atoms with Crippen LogP contribution in [0.1, 0.15) is 34.6 Å². The summed E-state index contributed by atoms with van der Waals surface area (Å²) < 4.78 is 38.8. The van der Waals surface area contributed by atoms with Gasteiger partial charge in [0.2, 0.25) is 0 Å². The van der Waals surface area contributed by atoms with E-state index in [1.165, 1.54) is 17.7 Å². The van der Waals surface area contributed by atoms with Crippen LogP contribution >= 0.6 is 0 Å². The van der Waals surface area contributed by atoms with E-state index in [1.54, 1.807) is 6.07 Å². The monoisotopic (exact) mass is 331 g/mol. The fourth-order valence-corrected chi connectivity index (χ4v) is 4.38. The second kappa shape index (κ2) is 5.92. The maximum atomic E-state index is 12.9. The van der Waals surface area contributed by atoms with E-state index in [2.05, 4.69) is 29.6 Å². The summed E-state index contributed by atoms with van der Waals surface area (Å²) in [5.74, 6) is 0.846. The summed E-state index contributed by atoms with van der Waals surface area (Å²) in [5, 5.41) is 3.61. The number of nitrogens with one attached hydrogen (secondary N) is 1. The van der Waals surface area contributed by atoms with Gasteiger partial charge in [-0.25, -0.2) is 0 Å². The molecule has 3 atom stereocenters. The van der Waals surface area contributed by atoms with E-state index in [4.69, 9.17) is 0 Å². The minimum atomic E-state index is -4.25. The molecule has 1 nitrogen and oxygen atoms in total. The molecule has 0 saturated carbocycles. The Morgan fingerprint density at radius 2 is 1.83 bits per heavy atom. The van der Waals surface area contributed by atoms with E-state index in [0.29, 0.717) is 17.9 Å². The third-order valence-electron chi connectivity index (χ3n) is 5.55. The van der Waals surface area contributed by atoms with Crippen molar-refractivity contribution in [3.8, 4) is 0 Å². The molecule has 0 spiro atoms. The topological polar surface area (TPSA) is 12.0 Å². The number of benzene rings is 2. The molecular weight excluding hydrogens is 311 g/mol. The van der Waals surface area contributed by atoms with Crippen LogP contribution in [0.3, 0.4) is 0 Å². The zero-order valence-electron chi connectivity index (χ0n) is 13.3. The Labute approximate surface area is 139 Å². The van der Waals surface area contributed by atoms with Crippen molar-refractivity contribution in [1.82, 2.24) is 5.32 Å². The lowest BCUT2D eigenvalue weighted by Gasteiger charge is -2.31. The first-order valence-electron chi connectivity index (χ1n) is 8.50. The number of hydrogen-bond donors (Lipinski definition) is 1. The number of halogens is 3. The van der Waals surface area contributed by atoms with Gasteiger partial charge in [-0.15, -0.1) is 0 Å². The molecule has 2 aromatic carbocycles. The maximum absolute atomic E-state index is 12.9.